The van der Waals surface area contributed by atoms with E-state index in [1.165, 1.54) is 6.07 Å². The zero-order valence-corrected chi connectivity index (χ0v) is 13.4. The second kappa shape index (κ2) is 7.55. The molecule has 120 valence electrons. The summed E-state index contributed by atoms with van der Waals surface area (Å²) in [6.07, 6.45) is 1.71. The third-order valence-electron chi connectivity index (χ3n) is 3.65. The van der Waals surface area contributed by atoms with E-state index in [-0.39, 0.29) is 5.82 Å². The first-order valence-corrected chi connectivity index (χ1v) is 7.78. The second-order valence-corrected chi connectivity index (χ2v) is 5.53. The minimum Gasteiger partial charge on any atom is -0.489 e. The summed E-state index contributed by atoms with van der Waals surface area (Å²) < 4.78 is 19.2. The lowest BCUT2D eigenvalue weighted by Crippen LogP contribution is -1.94. The summed E-state index contributed by atoms with van der Waals surface area (Å²) in [4.78, 5) is 4.30. The van der Waals surface area contributed by atoms with Crippen LogP contribution in [0.4, 0.5) is 10.1 Å². The first-order chi connectivity index (χ1) is 11.7. The van der Waals surface area contributed by atoms with Crippen LogP contribution < -0.4 is 4.74 Å². The largest absolute Gasteiger partial charge is 0.489 e. The molecule has 0 aliphatic carbocycles. The topological polar surface area (TPSA) is 21.6 Å². The Balaban J connectivity index is 1.61. The zero-order chi connectivity index (χ0) is 16.8. The van der Waals surface area contributed by atoms with Gasteiger partial charge in [-0.3, -0.25) is 4.99 Å². The Morgan fingerprint density at radius 2 is 1.71 bits per heavy atom. The summed E-state index contributed by atoms with van der Waals surface area (Å²) in [6, 6.07) is 22.6. The van der Waals surface area contributed by atoms with Crippen molar-refractivity contribution in [2.75, 3.05) is 0 Å². The summed E-state index contributed by atoms with van der Waals surface area (Å²) in [5.41, 5.74) is 3.28. The van der Waals surface area contributed by atoms with Crippen LogP contribution in [0.25, 0.3) is 0 Å². The standard InChI is InChI=1S/C21H18FNO/c1-16-7-10-19(13-21(16)22)23-14-17-8-11-20(12-9-17)24-15-18-5-3-2-4-6-18/h2-14H,15H2,1H3. The molecule has 3 heteroatoms. The summed E-state index contributed by atoms with van der Waals surface area (Å²) in [5.74, 6) is 0.562. The molecule has 0 atom stereocenters. The van der Waals surface area contributed by atoms with Crippen molar-refractivity contribution in [2.24, 2.45) is 4.99 Å². The van der Waals surface area contributed by atoms with Crippen LogP contribution in [0.15, 0.2) is 77.8 Å². The molecule has 0 heterocycles. The molecule has 3 aromatic rings. The van der Waals surface area contributed by atoms with Gasteiger partial charge in [-0.1, -0.05) is 36.4 Å². The van der Waals surface area contributed by atoms with E-state index >= 15 is 0 Å². The maximum atomic E-state index is 13.5. The van der Waals surface area contributed by atoms with E-state index in [9.17, 15) is 4.39 Å². The van der Waals surface area contributed by atoms with Crippen molar-refractivity contribution in [3.05, 3.63) is 95.3 Å². The van der Waals surface area contributed by atoms with E-state index in [0.717, 1.165) is 16.9 Å². The Morgan fingerprint density at radius 3 is 2.42 bits per heavy atom. The Kier molecular flexibility index (Phi) is 5.02. The SMILES string of the molecule is Cc1ccc(N=Cc2ccc(OCc3ccccc3)cc2)cc1F. The van der Waals surface area contributed by atoms with Crippen molar-refractivity contribution in [1.29, 1.82) is 0 Å². The third kappa shape index (κ3) is 4.29. The third-order valence-corrected chi connectivity index (χ3v) is 3.65. The van der Waals surface area contributed by atoms with Crippen LogP contribution in [0.3, 0.4) is 0 Å². The molecular weight excluding hydrogens is 301 g/mol. The molecule has 0 radical (unpaired) electrons. The van der Waals surface area contributed by atoms with E-state index in [1.807, 2.05) is 54.6 Å². The van der Waals surface area contributed by atoms with E-state index in [2.05, 4.69) is 4.99 Å². The molecule has 0 saturated carbocycles. The molecule has 24 heavy (non-hydrogen) atoms. The molecule has 0 aliphatic rings. The van der Waals surface area contributed by atoms with Gasteiger partial charge in [-0.2, -0.15) is 0 Å². The van der Waals surface area contributed by atoms with Gasteiger partial charge >= 0.3 is 0 Å². The van der Waals surface area contributed by atoms with Crippen LogP contribution in [-0.4, -0.2) is 6.21 Å². The Bertz CT molecular complexity index is 826. The minimum absolute atomic E-state index is 0.241. The molecule has 0 aliphatic heterocycles. The molecule has 0 saturated heterocycles. The van der Waals surface area contributed by atoms with Gasteiger partial charge in [0.1, 0.15) is 18.2 Å². The number of nitrogens with zero attached hydrogens (tertiary/aromatic N) is 1. The van der Waals surface area contributed by atoms with Crippen molar-refractivity contribution in [3.63, 3.8) is 0 Å². The first-order valence-electron chi connectivity index (χ1n) is 7.78. The summed E-state index contributed by atoms with van der Waals surface area (Å²) in [6.45, 7) is 2.27. The lowest BCUT2D eigenvalue weighted by Gasteiger charge is -2.06. The molecule has 0 fully saturated rings. The number of halogens is 1. The predicted molar refractivity (Wildman–Crippen MR) is 95.6 cm³/mol. The Morgan fingerprint density at radius 1 is 0.958 bits per heavy atom. The van der Waals surface area contributed by atoms with E-state index < -0.39 is 0 Å². The second-order valence-electron chi connectivity index (χ2n) is 5.53. The number of ether oxygens (including phenoxy) is 1. The van der Waals surface area contributed by atoms with Crippen molar-refractivity contribution in [1.82, 2.24) is 0 Å². The highest BCUT2D eigenvalue weighted by Gasteiger charge is 1.98. The molecular formula is C21H18FNO. The highest BCUT2D eigenvalue weighted by Crippen LogP contribution is 2.17. The van der Waals surface area contributed by atoms with Crippen LogP contribution in [0, 0.1) is 12.7 Å². The molecule has 0 unspecified atom stereocenters. The molecule has 0 spiro atoms. The molecule has 0 N–H and O–H groups in total. The number of hydrogen-bond acceptors (Lipinski definition) is 2. The fraction of sp³-hybridized carbons (Fsp3) is 0.0952. The van der Waals surface area contributed by atoms with Crippen LogP contribution in [0.2, 0.25) is 0 Å². The van der Waals surface area contributed by atoms with Gasteiger partial charge in [0.05, 0.1) is 5.69 Å². The number of aryl methyl sites for hydroxylation is 1. The maximum Gasteiger partial charge on any atom is 0.128 e. The van der Waals surface area contributed by atoms with Crippen LogP contribution in [0.5, 0.6) is 5.75 Å². The number of hydrogen-bond donors (Lipinski definition) is 0. The van der Waals surface area contributed by atoms with Crippen molar-refractivity contribution < 1.29 is 9.13 Å². The summed E-state index contributed by atoms with van der Waals surface area (Å²) in [7, 11) is 0. The van der Waals surface area contributed by atoms with Crippen LogP contribution in [-0.2, 0) is 6.61 Å². The fourth-order valence-corrected chi connectivity index (χ4v) is 2.20. The number of aliphatic imine (C=N–C) groups is 1. The Labute approximate surface area is 141 Å². The monoisotopic (exact) mass is 319 g/mol. The van der Waals surface area contributed by atoms with Gasteiger partial charge in [-0.15, -0.1) is 0 Å². The average Bonchev–Trinajstić information content (AvgIpc) is 2.63. The van der Waals surface area contributed by atoms with Gasteiger partial charge < -0.3 is 4.74 Å². The van der Waals surface area contributed by atoms with E-state index in [1.54, 1.807) is 25.3 Å². The smallest absolute Gasteiger partial charge is 0.128 e. The lowest BCUT2D eigenvalue weighted by atomic mass is 10.2. The minimum atomic E-state index is -0.241. The molecule has 3 rings (SSSR count). The van der Waals surface area contributed by atoms with Crippen molar-refractivity contribution in [3.8, 4) is 5.75 Å². The normalized spacial score (nSPS) is 10.9. The van der Waals surface area contributed by atoms with E-state index in [4.69, 9.17) is 4.74 Å². The average molecular weight is 319 g/mol. The van der Waals surface area contributed by atoms with E-state index in [0.29, 0.717) is 17.9 Å². The zero-order valence-electron chi connectivity index (χ0n) is 13.4. The predicted octanol–water partition coefficient (Wildman–Crippen LogP) is 5.46. The van der Waals surface area contributed by atoms with Gasteiger partial charge in [-0.25, -0.2) is 4.39 Å². The lowest BCUT2D eigenvalue weighted by molar-refractivity contribution is 0.306. The van der Waals surface area contributed by atoms with Crippen LogP contribution in [0.1, 0.15) is 16.7 Å². The van der Waals surface area contributed by atoms with Gasteiger partial charge in [0.25, 0.3) is 0 Å². The van der Waals surface area contributed by atoms with Crippen LogP contribution >= 0.6 is 0 Å². The summed E-state index contributed by atoms with van der Waals surface area (Å²) in [5, 5.41) is 0. The molecule has 0 bridgehead atoms. The van der Waals surface area contributed by atoms with Crippen molar-refractivity contribution >= 4 is 11.9 Å². The van der Waals surface area contributed by atoms with Gasteiger partial charge in [-0.05, 0) is 60.0 Å². The number of rotatable bonds is 5. The molecule has 3 aromatic carbocycles. The fourth-order valence-electron chi connectivity index (χ4n) is 2.20. The highest BCUT2D eigenvalue weighted by atomic mass is 19.1. The van der Waals surface area contributed by atoms with Gasteiger partial charge in [0.2, 0.25) is 0 Å². The quantitative estimate of drug-likeness (QED) is 0.572. The molecule has 0 aromatic heterocycles. The van der Waals surface area contributed by atoms with Gasteiger partial charge in [0.15, 0.2) is 0 Å². The van der Waals surface area contributed by atoms with Crippen molar-refractivity contribution in [2.45, 2.75) is 13.5 Å². The highest BCUT2D eigenvalue weighted by molar-refractivity contribution is 5.82. The molecule has 0 amide bonds. The Hall–Kier alpha value is -2.94. The van der Waals surface area contributed by atoms with Gasteiger partial charge in [0, 0.05) is 6.21 Å². The first kappa shape index (κ1) is 15.9. The molecule has 2 nitrogen and oxygen atoms in total. The number of benzene rings is 3. The summed E-state index contributed by atoms with van der Waals surface area (Å²) >= 11 is 0. The maximum absolute atomic E-state index is 13.5.